The average Bonchev–Trinajstić information content (AvgIpc) is 3.36. The molecule has 3 amide bonds. The lowest BCUT2D eigenvalue weighted by atomic mass is 9.77. The molecule has 46 heavy (non-hydrogen) atoms. The Morgan fingerprint density at radius 1 is 1.00 bits per heavy atom. The lowest BCUT2D eigenvalue weighted by Gasteiger charge is -2.44. The van der Waals surface area contributed by atoms with Crippen molar-refractivity contribution < 1.29 is 33.8 Å². The van der Waals surface area contributed by atoms with Crippen LogP contribution in [0, 0.1) is 17.3 Å². The summed E-state index contributed by atoms with van der Waals surface area (Å²) in [6.45, 7) is 12.2. The van der Waals surface area contributed by atoms with Crippen molar-refractivity contribution in [2.24, 2.45) is 17.3 Å². The van der Waals surface area contributed by atoms with Gasteiger partial charge in [-0.1, -0.05) is 75.4 Å². The van der Waals surface area contributed by atoms with E-state index in [4.69, 9.17) is 9.47 Å². The van der Waals surface area contributed by atoms with Crippen LogP contribution in [0.4, 0.5) is 0 Å². The number of rotatable bonds is 5. The standard InChI is InChI=1S/C36H49N3O7/c1-23-29(24-14-9-8-10-15-24)45-33(44)27-25(16-11-12-17-26(41)37(23)7)46-36-18-13-19-39(35(5,6)22-34(2,3)4)32(43)30(36)38(20-21-40)31(42)28(27)36/h8-11,13-16,18,23,25,27-30,40H,12,17,19-22H2,1-7H3/b16-11-/t23-,25-,27+,28+,29+,30-,36+/m1/s1. The number of likely N-dealkylation sites (N-methyl/N-ethyl adjacent to an activating group) is 1. The van der Waals surface area contributed by atoms with Gasteiger partial charge in [-0.15, -0.1) is 0 Å². The highest BCUT2D eigenvalue weighted by molar-refractivity contribution is 5.99. The van der Waals surface area contributed by atoms with E-state index in [9.17, 15) is 24.3 Å². The molecule has 0 radical (unpaired) electrons. The number of benzene rings is 1. The second-order valence-corrected chi connectivity index (χ2v) is 15.0. The van der Waals surface area contributed by atoms with E-state index in [-0.39, 0.29) is 36.8 Å². The molecule has 10 heteroatoms. The third-order valence-electron chi connectivity index (χ3n) is 9.96. The zero-order valence-electron chi connectivity index (χ0n) is 28.1. The van der Waals surface area contributed by atoms with Crippen molar-refractivity contribution in [3.63, 3.8) is 0 Å². The van der Waals surface area contributed by atoms with E-state index in [1.54, 1.807) is 35.1 Å². The van der Waals surface area contributed by atoms with Crippen LogP contribution in [0.5, 0.6) is 0 Å². The largest absolute Gasteiger partial charge is 0.455 e. The summed E-state index contributed by atoms with van der Waals surface area (Å²) in [5, 5.41) is 10.0. The summed E-state index contributed by atoms with van der Waals surface area (Å²) in [4.78, 5) is 61.4. The number of hydrogen-bond acceptors (Lipinski definition) is 7. The summed E-state index contributed by atoms with van der Waals surface area (Å²) in [6, 6.07) is 7.69. The fraction of sp³-hybridized carbons (Fsp3) is 0.611. The molecule has 1 N–H and O–H groups in total. The van der Waals surface area contributed by atoms with Crippen LogP contribution in [0.1, 0.15) is 72.5 Å². The molecule has 4 aliphatic heterocycles. The Kier molecular flexibility index (Phi) is 9.27. The van der Waals surface area contributed by atoms with E-state index >= 15 is 0 Å². The number of cyclic esters (lactones) is 1. The number of esters is 1. The van der Waals surface area contributed by atoms with Crippen LogP contribution in [0.2, 0.25) is 0 Å². The van der Waals surface area contributed by atoms with Gasteiger partial charge in [0, 0.05) is 32.1 Å². The van der Waals surface area contributed by atoms with Gasteiger partial charge in [0.15, 0.2) is 0 Å². The van der Waals surface area contributed by atoms with Gasteiger partial charge in [0.25, 0.3) is 0 Å². The summed E-state index contributed by atoms with van der Waals surface area (Å²) >= 11 is 0. The predicted octanol–water partition coefficient (Wildman–Crippen LogP) is 3.65. The van der Waals surface area contributed by atoms with Crippen LogP contribution in [-0.2, 0) is 28.7 Å². The van der Waals surface area contributed by atoms with Crippen LogP contribution in [0.25, 0.3) is 0 Å². The monoisotopic (exact) mass is 635 g/mol. The highest BCUT2D eigenvalue weighted by Gasteiger charge is 2.72. The number of β-amino-alcohol motifs (C(OH)–C–C–N with tert-alkyl or cyclic N) is 1. The average molecular weight is 636 g/mol. The van der Waals surface area contributed by atoms with Crippen molar-refractivity contribution in [1.29, 1.82) is 0 Å². The SMILES string of the molecule is C[C@@H]1[C@@H](c2ccccc2)OC(=O)[C@@H]2[C@H]3C(=O)N(CCO)[C@@H]4C(=O)N(C(C)(C)CC(C)(C)C)CC=C[C@]34O[C@@H]2/C=C\CCC(=O)N1C. The Balaban J connectivity index is 1.60. The second kappa shape index (κ2) is 12.6. The molecule has 2 saturated heterocycles. The summed E-state index contributed by atoms with van der Waals surface area (Å²) < 4.78 is 13.1. The molecule has 1 spiro atoms. The quantitative estimate of drug-likeness (QED) is 0.388. The minimum Gasteiger partial charge on any atom is -0.455 e. The predicted molar refractivity (Wildman–Crippen MR) is 172 cm³/mol. The first-order valence-corrected chi connectivity index (χ1v) is 16.4. The Hall–Kier alpha value is -3.50. The maximum Gasteiger partial charge on any atom is 0.313 e. The van der Waals surface area contributed by atoms with Crippen LogP contribution < -0.4 is 0 Å². The number of carbonyl (C=O) groups excluding carboxylic acids is 4. The van der Waals surface area contributed by atoms with E-state index in [0.717, 1.165) is 5.56 Å². The van der Waals surface area contributed by atoms with Gasteiger partial charge >= 0.3 is 5.97 Å². The van der Waals surface area contributed by atoms with E-state index in [0.29, 0.717) is 19.4 Å². The third-order valence-corrected chi connectivity index (χ3v) is 9.96. The molecule has 0 unspecified atom stereocenters. The molecule has 10 nitrogen and oxygen atoms in total. The van der Waals surface area contributed by atoms with Crippen molar-refractivity contribution in [2.45, 2.75) is 96.2 Å². The van der Waals surface area contributed by atoms with Crippen molar-refractivity contribution in [1.82, 2.24) is 14.7 Å². The summed E-state index contributed by atoms with van der Waals surface area (Å²) in [5.41, 5.74) is -1.36. The smallest absolute Gasteiger partial charge is 0.313 e. The molecule has 1 aromatic carbocycles. The van der Waals surface area contributed by atoms with Crippen molar-refractivity contribution >= 4 is 23.7 Å². The number of fused-ring (bicyclic) bond motifs is 2. The second-order valence-electron chi connectivity index (χ2n) is 15.0. The fourth-order valence-electron chi connectivity index (χ4n) is 8.17. The maximum atomic E-state index is 14.7. The van der Waals surface area contributed by atoms with Crippen LogP contribution in [0.15, 0.2) is 54.6 Å². The minimum atomic E-state index is -1.45. The fourth-order valence-corrected chi connectivity index (χ4v) is 8.17. The van der Waals surface area contributed by atoms with E-state index in [1.807, 2.05) is 57.2 Å². The number of aliphatic hydroxyl groups is 1. The summed E-state index contributed by atoms with van der Waals surface area (Å²) in [7, 11) is 1.70. The van der Waals surface area contributed by atoms with Gasteiger partial charge in [-0.3, -0.25) is 19.2 Å². The zero-order valence-corrected chi connectivity index (χ0v) is 28.1. The first-order chi connectivity index (χ1) is 21.6. The number of aliphatic hydroxyl groups excluding tert-OH is 1. The first kappa shape index (κ1) is 33.9. The number of ether oxygens (including phenoxy) is 2. The highest BCUT2D eigenvalue weighted by atomic mass is 16.6. The molecule has 0 aromatic heterocycles. The molecule has 1 aromatic rings. The Morgan fingerprint density at radius 3 is 2.35 bits per heavy atom. The van der Waals surface area contributed by atoms with Crippen molar-refractivity contribution in [3.8, 4) is 0 Å². The lowest BCUT2D eigenvalue weighted by Crippen LogP contribution is -2.60. The van der Waals surface area contributed by atoms with E-state index in [1.165, 1.54) is 4.90 Å². The van der Waals surface area contributed by atoms with Gasteiger partial charge in [0.1, 0.15) is 23.7 Å². The topological polar surface area (TPSA) is 117 Å². The van der Waals surface area contributed by atoms with E-state index in [2.05, 4.69) is 20.8 Å². The van der Waals surface area contributed by atoms with Gasteiger partial charge in [-0.2, -0.15) is 0 Å². The number of amides is 3. The molecule has 4 heterocycles. The number of carbonyl (C=O) groups is 4. The molecule has 250 valence electrons. The molecular weight excluding hydrogens is 586 g/mol. The number of allylic oxidation sites excluding steroid dienone is 1. The Bertz CT molecular complexity index is 1400. The number of nitrogens with zero attached hydrogens (tertiary/aromatic N) is 3. The van der Waals surface area contributed by atoms with Crippen molar-refractivity contribution in [3.05, 3.63) is 60.2 Å². The zero-order chi connectivity index (χ0) is 33.6. The third kappa shape index (κ3) is 6.01. The summed E-state index contributed by atoms with van der Waals surface area (Å²) in [6.07, 6.45) is 6.92. The molecular formula is C36H49N3O7. The highest BCUT2D eigenvalue weighted by Crippen LogP contribution is 2.54. The molecule has 0 saturated carbocycles. The number of likely N-dealkylation sites (tertiary alicyclic amines) is 1. The van der Waals surface area contributed by atoms with Gasteiger partial charge in [0.05, 0.1) is 24.7 Å². The van der Waals surface area contributed by atoms with Crippen LogP contribution in [0.3, 0.4) is 0 Å². The lowest BCUT2D eigenvalue weighted by molar-refractivity contribution is -0.164. The van der Waals surface area contributed by atoms with Gasteiger partial charge in [-0.25, -0.2) is 0 Å². The van der Waals surface area contributed by atoms with E-state index < -0.39 is 59.1 Å². The molecule has 4 aliphatic rings. The normalized spacial score (nSPS) is 33.1. The number of hydrogen-bond donors (Lipinski definition) is 1. The van der Waals surface area contributed by atoms with Gasteiger partial charge in [-0.05, 0) is 44.6 Å². The summed E-state index contributed by atoms with van der Waals surface area (Å²) in [5.74, 6) is -3.52. The minimum absolute atomic E-state index is 0.0723. The molecule has 5 rings (SSSR count). The van der Waals surface area contributed by atoms with Crippen LogP contribution >= 0.6 is 0 Å². The Morgan fingerprint density at radius 2 is 1.70 bits per heavy atom. The Labute approximate surface area is 272 Å². The van der Waals surface area contributed by atoms with Crippen LogP contribution in [-0.4, -0.2) is 99.6 Å². The molecule has 7 atom stereocenters. The maximum absolute atomic E-state index is 14.7. The van der Waals surface area contributed by atoms with Gasteiger partial charge < -0.3 is 29.3 Å². The molecule has 0 bridgehead atoms. The first-order valence-electron chi connectivity index (χ1n) is 16.4. The molecule has 2 fully saturated rings. The van der Waals surface area contributed by atoms with Crippen molar-refractivity contribution in [2.75, 3.05) is 26.7 Å². The molecule has 0 aliphatic carbocycles. The van der Waals surface area contributed by atoms with Gasteiger partial charge in [0.2, 0.25) is 17.7 Å².